The van der Waals surface area contributed by atoms with Crippen LogP contribution in [0.15, 0.2) is 15.5 Å². The first-order chi connectivity index (χ1) is 8.35. The molecule has 0 bridgehead atoms. The van der Waals surface area contributed by atoms with Gasteiger partial charge in [0.2, 0.25) is 0 Å². The summed E-state index contributed by atoms with van der Waals surface area (Å²) < 4.78 is 37.2. The zero-order valence-electron chi connectivity index (χ0n) is 9.42. The van der Waals surface area contributed by atoms with E-state index in [4.69, 9.17) is 0 Å². The number of hydrogen-bond donors (Lipinski definition) is 1. The van der Waals surface area contributed by atoms with E-state index < -0.39 is 5.51 Å². The van der Waals surface area contributed by atoms with E-state index in [2.05, 4.69) is 26.3 Å². The minimum absolute atomic E-state index is 0.0973. The van der Waals surface area contributed by atoms with E-state index >= 15 is 0 Å². The lowest BCUT2D eigenvalue weighted by molar-refractivity contribution is -0.0327. The van der Waals surface area contributed by atoms with E-state index in [1.54, 1.807) is 6.92 Å². The summed E-state index contributed by atoms with van der Waals surface area (Å²) in [6.45, 7) is 2.30. The molecule has 0 amide bonds. The van der Waals surface area contributed by atoms with Crippen LogP contribution < -0.4 is 10.9 Å². The summed E-state index contributed by atoms with van der Waals surface area (Å²) in [6, 6.07) is 0. The summed E-state index contributed by atoms with van der Waals surface area (Å²) in [6.07, 6.45) is 1.41. The number of halogens is 4. The Morgan fingerprint density at radius 1 is 1.56 bits per heavy atom. The Labute approximate surface area is 114 Å². The Kier molecular flexibility index (Phi) is 5.51. The first-order valence-corrected chi connectivity index (χ1v) is 6.83. The maximum Gasteiger partial charge on any atom is 0.441 e. The van der Waals surface area contributed by atoms with Gasteiger partial charge in [-0.1, -0.05) is 0 Å². The molecule has 1 rings (SSSR count). The number of nitrogens with zero attached hydrogens (tertiary/aromatic N) is 2. The van der Waals surface area contributed by atoms with Crippen molar-refractivity contribution in [1.29, 1.82) is 0 Å². The lowest BCUT2D eigenvalue weighted by atomic mass is 10.4. The van der Waals surface area contributed by atoms with E-state index in [0.717, 1.165) is 0 Å². The fourth-order valence-electron chi connectivity index (χ4n) is 1.17. The van der Waals surface area contributed by atoms with E-state index in [1.165, 1.54) is 10.9 Å². The van der Waals surface area contributed by atoms with Gasteiger partial charge in [0.1, 0.15) is 4.47 Å². The summed E-state index contributed by atoms with van der Waals surface area (Å²) in [7, 11) is 0. The first-order valence-electron chi connectivity index (χ1n) is 5.05. The molecule has 4 nitrogen and oxygen atoms in total. The Bertz CT molecular complexity index is 463. The molecular weight excluding hydrogens is 335 g/mol. The number of aromatic nitrogens is 2. The third-order valence-electron chi connectivity index (χ3n) is 1.97. The quantitative estimate of drug-likeness (QED) is 0.833. The molecule has 0 saturated heterocycles. The molecular formula is C9H11BrF3N3OS. The molecule has 0 aliphatic rings. The van der Waals surface area contributed by atoms with Crippen LogP contribution in [0.5, 0.6) is 0 Å². The van der Waals surface area contributed by atoms with Crippen molar-refractivity contribution < 1.29 is 13.2 Å². The van der Waals surface area contributed by atoms with Crippen molar-refractivity contribution in [3.8, 4) is 0 Å². The summed E-state index contributed by atoms with van der Waals surface area (Å²) in [5, 5.41) is 6.60. The van der Waals surface area contributed by atoms with Gasteiger partial charge < -0.3 is 5.32 Å². The van der Waals surface area contributed by atoms with E-state index in [9.17, 15) is 18.0 Å². The van der Waals surface area contributed by atoms with Crippen molar-refractivity contribution >= 4 is 33.4 Å². The minimum Gasteiger partial charge on any atom is -0.382 e. The van der Waals surface area contributed by atoms with Crippen LogP contribution in [0.2, 0.25) is 0 Å². The Hall–Kier alpha value is -0.700. The number of nitrogens with one attached hydrogen (secondary N) is 1. The zero-order valence-corrected chi connectivity index (χ0v) is 11.8. The largest absolute Gasteiger partial charge is 0.441 e. The van der Waals surface area contributed by atoms with Crippen molar-refractivity contribution in [2.45, 2.75) is 19.0 Å². The number of aryl methyl sites for hydroxylation is 1. The third-order valence-corrected chi connectivity index (χ3v) is 3.47. The van der Waals surface area contributed by atoms with Crippen molar-refractivity contribution in [3.05, 3.63) is 21.0 Å². The first kappa shape index (κ1) is 15.4. The molecule has 0 fully saturated rings. The molecule has 0 spiro atoms. The van der Waals surface area contributed by atoms with Crippen LogP contribution in [0.3, 0.4) is 0 Å². The Balaban J connectivity index is 2.59. The topological polar surface area (TPSA) is 46.9 Å². The highest BCUT2D eigenvalue weighted by Gasteiger charge is 2.27. The molecule has 1 heterocycles. The lowest BCUT2D eigenvalue weighted by Gasteiger charge is -2.10. The lowest BCUT2D eigenvalue weighted by Crippen LogP contribution is -2.24. The number of hydrogen-bond acceptors (Lipinski definition) is 4. The molecule has 0 radical (unpaired) electrons. The number of thioether (sulfide) groups is 1. The van der Waals surface area contributed by atoms with Gasteiger partial charge in [-0.15, -0.1) is 0 Å². The molecule has 102 valence electrons. The molecule has 1 aromatic heterocycles. The molecule has 0 aromatic carbocycles. The monoisotopic (exact) mass is 345 g/mol. The second-order valence-corrected chi connectivity index (χ2v) is 5.17. The maximum atomic E-state index is 11.9. The van der Waals surface area contributed by atoms with Gasteiger partial charge in [-0.25, -0.2) is 4.68 Å². The Morgan fingerprint density at radius 2 is 2.22 bits per heavy atom. The molecule has 0 aliphatic carbocycles. The Morgan fingerprint density at radius 3 is 2.78 bits per heavy atom. The summed E-state index contributed by atoms with van der Waals surface area (Å²) in [5.41, 5.74) is -4.15. The summed E-state index contributed by atoms with van der Waals surface area (Å²) in [5.74, 6) is -0.132. The number of anilines is 1. The number of rotatable bonds is 5. The molecule has 9 heteroatoms. The van der Waals surface area contributed by atoms with Crippen LogP contribution >= 0.6 is 27.7 Å². The maximum absolute atomic E-state index is 11.9. The van der Waals surface area contributed by atoms with Crippen molar-refractivity contribution in [1.82, 2.24) is 9.78 Å². The van der Waals surface area contributed by atoms with Gasteiger partial charge in [0.15, 0.2) is 0 Å². The fourth-order valence-corrected chi connectivity index (χ4v) is 2.05. The molecule has 0 unspecified atom stereocenters. The third kappa shape index (κ3) is 4.52. The van der Waals surface area contributed by atoms with Crippen LogP contribution in [0, 0.1) is 0 Å². The minimum atomic E-state index is -4.23. The molecule has 1 aromatic rings. The molecule has 0 atom stereocenters. The SMILES string of the molecule is CCn1ncc(NCCSC(F)(F)F)c(Br)c1=O. The fraction of sp³-hybridized carbons (Fsp3) is 0.556. The summed E-state index contributed by atoms with van der Waals surface area (Å²) >= 11 is 2.99. The van der Waals surface area contributed by atoms with Crippen LogP contribution in [0.1, 0.15) is 6.92 Å². The highest BCUT2D eigenvalue weighted by Crippen LogP contribution is 2.29. The second kappa shape index (κ2) is 6.46. The van der Waals surface area contributed by atoms with Crippen LogP contribution in [0.4, 0.5) is 18.9 Å². The van der Waals surface area contributed by atoms with Crippen molar-refractivity contribution in [3.63, 3.8) is 0 Å². The standard InChI is InChI=1S/C9H11BrF3N3OS/c1-2-16-8(17)7(10)6(5-15-16)14-3-4-18-9(11,12)13/h5,14H,2-4H2,1H3. The normalized spacial score (nSPS) is 11.6. The molecule has 0 aliphatic heterocycles. The van der Waals surface area contributed by atoms with Gasteiger partial charge in [-0.2, -0.15) is 18.3 Å². The smallest absolute Gasteiger partial charge is 0.382 e. The van der Waals surface area contributed by atoms with Crippen molar-refractivity contribution in [2.24, 2.45) is 0 Å². The van der Waals surface area contributed by atoms with Gasteiger partial charge in [-0.05, 0) is 34.6 Å². The summed E-state index contributed by atoms with van der Waals surface area (Å²) in [4.78, 5) is 11.6. The highest BCUT2D eigenvalue weighted by molar-refractivity contribution is 9.10. The van der Waals surface area contributed by atoms with Gasteiger partial charge in [0.05, 0.1) is 11.9 Å². The average molecular weight is 346 g/mol. The zero-order chi connectivity index (χ0) is 13.8. The predicted molar refractivity (Wildman–Crippen MR) is 68.9 cm³/mol. The van der Waals surface area contributed by atoms with Crippen LogP contribution in [-0.2, 0) is 6.54 Å². The van der Waals surface area contributed by atoms with Gasteiger partial charge >= 0.3 is 5.51 Å². The van der Waals surface area contributed by atoms with Gasteiger partial charge in [0, 0.05) is 18.8 Å². The van der Waals surface area contributed by atoms with E-state index in [1.807, 2.05) is 0 Å². The second-order valence-electron chi connectivity index (χ2n) is 3.21. The van der Waals surface area contributed by atoms with Crippen LogP contribution in [0.25, 0.3) is 0 Å². The van der Waals surface area contributed by atoms with E-state index in [-0.39, 0.29) is 34.1 Å². The van der Waals surface area contributed by atoms with E-state index in [0.29, 0.717) is 12.2 Å². The van der Waals surface area contributed by atoms with Gasteiger partial charge in [-0.3, -0.25) is 4.79 Å². The predicted octanol–water partition coefficient (Wildman–Crippen LogP) is 2.69. The van der Waals surface area contributed by atoms with Gasteiger partial charge in [0.25, 0.3) is 5.56 Å². The number of alkyl halides is 3. The average Bonchev–Trinajstić information content (AvgIpc) is 2.28. The molecule has 0 saturated carbocycles. The van der Waals surface area contributed by atoms with Crippen LogP contribution in [-0.4, -0.2) is 27.6 Å². The molecule has 18 heavy (non-hydrogen) atoms. The van der Waals surface area contributed by atoms with Crippen molar-refractivity contribution in [2.75, 3.05) is 17.6 Å². The highest BCUT2D eigenvalue weighted by atomic mass is 79.9. The molecule has 1 N–H and O–H groups in total.